The number of sulfonamides is 1. The van der Waals surface area contributed by atoms with Gasteiger partial charge in [-0.2, -0.15) is 0 Å². The quantitative estimate of drug-likeness (QED) is 0.809. The van der Waals surface area contributed by atoms with Crippen LogP contribution in [-0.2, 0) is 27.8 Å². The van der Waals surface area contributed by atoms with Gasteiger partial charge in [-0.1, -0.05) is 12.1 Å². The van der Waals surface area contributed by atoms with E-state index < -0.39 is 10.0 Å². The van der Waals surface area contributed by atoms with E-state index in [-0.39, 0.29) is 29.3 Å². The van der Waals surface area contributed by atoms with Crippen molar-refractivity contribution in [1.29, 1.82) is 0 Å². The van der Waals surface area contributed by atoms with Crippen LogP contribution in [0.5, 0.6) is 5.75 Å². The van der Waals surface area contributed by atoms with Gasteiger partial charge in [0.05, 0.1) is 12.0 Å². The summed E-state index contributed by atoms with van der Waals surface area (Å²) in [6.07, 6.45) is 2.59. The van der Waals surface area contributed by atoms with Gasteiger partial charge >= 0.3 is 0 Å². The van der Waals surface area contributed by atoms with Crippen LogP contribution in [0, 0.1) is 5.92 Å². The van der Waals surface area contributed by atoms with Crippen LogP contribution in [0.4, 0.5) is 5.69 Å². The van der Waals surface area contributed by atoms with Crippen LogP contribution in [0.3, 0.4) is 0 Å². The van der Waals surface area contributed by atoms with E-state index in [1.165, 1.54) is 0 Å². The number of carbonyl (C=O) groups is 1. The van der Waals surface area contributed by atoms with Crippen molar-refractivity contribution in [3.63, 3.8) is 0 Å². The molecule has 1 aliphatic carbocycles. The van der Waals surface area contributed by atoms with Gasteiger partial charge in [0, 0.05) is 24.2 Å². The Bertz CT molecular complexity index is 1010. The van der Waals surface area contributed by atoms with Crippen molar-refractivity contribution in [2.45, 2.75) is 43.7 Å². The summed E-state index contributed by atoms with van der Waals surface area (Å²) < 4.78 is 33.3. The number of carbonyl (C=O) groups excluding carboxylic acids is 1. The summed E-state index contributed by atoms with van der Waals surface area (Å²) in [7, 11) is -2.08. The van der Waals surface area contributed by atoms with Gasteiger partial charge in [-0.05, 0) is 67.6 Å². The predicted octanol–water partition coefficient (Wildman–Crippen LogP) is 2.86. The van der Waals surface area contributed by atoms with Crippen LogP contribution in [-0.4, -0.2) is 27.5 Å². The molecule has 0 radical (unpaired) electrons. The van der Waals surface area contributed by atoms with Crippen molar-refractivity contribution >= 4 is 21.6 Å². The molecule has 4 rings (SSSR count). The Morgan fingerprint density at radius 3 is 2.71 bits per heavy atom. The van der Waals surface area contributed by atoms with Crippen LogP contribution in [0.25, 0.3) is 0 Å². The van der Waals surface area contributed by atoms with E-state index in [4.69, 9.17) is 4.74 Å². The zero-order chi connectivity index (χ0) is 19.9. The lowest BCUT2D eigenvalue weighted by Crippen LogP contribution is -2.36. The minimum absolute atomic E-state index is 0.0609. The van der Waals surface area contributed by atoms with Gasteiger partial charge < -0.3 is 9.64 Å². The number of nitrogens with one attached hydrogen (secondary N) is 1. The molecule has 1 atom stereocenters. The number of ether oxygens (including phenoxy) is 1. The van der Waals surface area contributed by atoms with Crippen molar-refractivity contribution in [1.82, 2.24) is 4.72 Å². The third-order valence-electron chi connectivity index (χ3n) is 5.34. The highest BCUT2D eigenvalue weighted by atomic mass is 32.2. The minimum Gasteiger partial charge on any atom is -0.497 e. The van der Waals surface area contributed by atoms with Gasteiger partial charge in [0.1, 0.15) is 5.75 Å². The van der Waals surface area contributed by atoms with Gasteiger partial charge in [-0.15, -0.1) is 0 Å². The zero-order valence-electron chi connectivity index (χ0n) is 16.0. The molecule has 7 heteroatoms. The highest BCUT2D eigenvalue weighted by molar-refractivity contribution is 7.89. The molecule has 1 N–H and O–H groups in total. The van der Waals surface area contributed by atoms with E-state index in [0.29, 0.717) is 12.2 Å². The lowest BCUT2D eigenvalue weighted by Gasteiger charge is -2.22. The topological polar surface area (TPSA) is 75.7 Å². The predicted molar refractivity (Wildman–Crippen MR) is 107 cm³/mol. The first-order valence-corrected chi connectivity index (χ1v) is 11.0. The molecule has 2 aromatic carbocycles. The maximum atomic E-state index is 12.8. The first-order valence-electron chi connectivity index (χ1n) is 9.47. The van der Waals surface area contributed by atoms with Gasteiger partial charge in [0.25, 0.3) is 0 Å². The average molecular weight is 401 g/mol. The number of hydrogen-bond acceptors (Lipinski definition) is 4. The molecular weight excluding hydrogens is 376 g/mol. The normalized spacial score (nSPS) is 18.8. The van der Waals surface area contributed by atoms with Crippen molar-refractivity contribution in [2.75, 3.05) is 12.0 Å². The van der Waals surface area contributed by atoms with E-state index in [1.807, 2.05) is 30.0 Å². The average Bonchev–Trinajstić information content (AvgIpc) is 3.48. The molecule has 0 aromatic heterocycles. The van der Waals surface area contributed by atoms with E-state index in [9.17, 15) is 13.2 Å². The molecule has 28 heavy (non-hydrogen) atoms. The second kappa shape index (κ2) is 7.22. The van der Waals surface area contributed by atoms with Gasteiger partial charge in [-0.25, -0.2) is 13.1 Å². The fourth-order valence-corrected chi connectivity index (χ4v) is 4.75. The maximum Gasteiger partial charge on any atom is 0.240 e. The Morgan fingerprint density at radius 2 is 2.00 bits per heavy atom. The number of hydrogen-bond donors (Lipinski definition) is 1. The standard InChI is InChI=1S/C21H24N2O4S/c1-14-10-17-12-19(8-9-20(17)23(14)21(24)16-6-7-16)28(25,26)22-13-15-4-3-5-18(11-15)27-2/h3-5,8-9,11-12,14,16,22H,6-7,10,13H2,1-2H3/t14-/m1/s1. The summed E-state index contributed by atoms with van der Waals surface area (Å²) in [5.74, 6) is 0.989. The summed E-state index contributed by atoms with van der Waals surface area (Å²) in [5.41, 5.74) is 2.57. The van der Waals surface area contributed by atoms with Crippen LogP contribution < -0.4 is 14.4 Å². The Hall–Kier alpha value is -2.38. The van der Waals surface area contributed by atoms with Crippen molar-refractivity contribution < 1.29 is 17.9 Å². The minimum atomic E-state index is -3.65. The number of methoxy groups -OCH3 is 1. The summed E-state index contributed by atoms with van der Waals surface area (Å²) in [4.78, 5) is 14.6. The Labute approximate surface area is 165 Å². The number of nitrogens with zero attached hydrogens (tertiary/aromatic N) is 1. The smallest absolute Gasteiger partial charge is 0.240 e. The first kappa shape index (κ1) is 19.0. The van der Waals surface area contributed by atoms with Gasteiger partial charge in [0.2, 0.25) is 15.9 Å². The maximum absolute atomic E-state index is 12.8. The SMILES string of the molecule is COc1cccc(CNS(=O)(=O)c2ccc3c(c2)C[C@@H](C)N3C(=O)C2CC2)c1. The second-order valence-electron chi connectivity index (χ2n) is 7.50. The molecule has 2 aliphatic rings. The summed E-state index contributed by atoms with van der Waals surface area (Å²) in [6.45, 7) is 2.19. The van der Waals surface area contributed by atoms with Gasteiger partial charge in [0.15, 0.2) is 0 Å². The first-order chi connectivity index (χ1) is 13.4. The molecule has 1 heterocycles. The largest absolute Gasteiger partial charge is 0.497 e. The summed E-state index contributed by atoms with van der Waals surface area (Å²) >= 11 is 0. The molecule has 1 amide bonds. The van der Waals surface area contributed by atoms with E-state index in [0.717, 1.165) is 29.7 Å². The molecule has 6 nitrogen and oxygen atoms in total. The summed E-state index contributed by atoms with van der Waals surface area (Å²) in [5, 5.41) is 0. The van der Waals surface area contributed by atoms with Crippen molar-refractivity contribution in [2.24, 2.45) is 5.92 Å². The molecule has 1 saturated carbocycles. The summed E-state index contributed by atoms with van der Waals surface area (Å²) in [6, 6.07) is 12.4. The highest BCUT2D eigenvalue weighted by Crippen LogP contribution is 2.39. The number of fused-ring (bicyclic) bond motifs is 1. The molecule has 0 saturated heterocycles. The number of amides is 1. The number of anilines is 1. The second-order valence-corrected chi connectivity index (χ2v) is 9.27. The third-order valence-corrected chi connectivity index (χ3v) is 6.74. The molecule has 0 unspecified atom stereocenters. The van der Waals surface area contributed by atoms with E-state index in [1.54, 1.807) is 31.4 Å². The van der Waals surface area contributed by atoms with Crippen LogP contribution in [0.2, 0.25) is 0 Å². The molecule has 1 fully saturated rings. The monoisotopic (exact) mass is 400 g/mol. The lowest BCUT2D eigenvalue weighted by molar-refractivity contribution is -0.120. The fourth-order valence-electron chi connectivity index (χ4n) is 3.68. The molecule has 0 spiro atoms. The zero-order valence-corrected chi connectivity index (χ0v) is 16.8. The van der Waals surface area contributed by atoms with E-state index in [2.05, 4.69) is 4.72 Å². The molecule has 0 bridgehead atoms. The lowest BCUT2D eigenvalue weighted by atomic mass is 10.1. The molecular formula is C21H24N2O4S. The van der Waals surface area contributed by atoms with Crippen LogP contribution in [0.1, 0.15) is 30.9 Å². The number of rotatable bonds is 6. The molecule has 148 valence electrons. The molecule has 2 aromatic rings. The highest BCUT2D eigenvalue weighted by Gasteiger charge is 2.39. The van der Waals surface area contributed by atoms with Gasteiger partial charge in [-0.3, -0.25) is 4.79 Å². The van der Waals surface area contributed by atoms with E-state index >= 15 is 0 Å². The Kier molecular flexibility index (Phi) is 4.89. The molecule has 1 aliphatic heterocycles. The van der Waals surface area contributed by atoms with Crippen molar-refractivity contribution in [3.8, 4) is 5.75 Å². The Morgan fingerprint density at radius 1 is 1.21 bits per heavy atom. The third kappa shape index (κ3) is 3.64. The fraction of sp³-hybridized carbons (Fsp3) is 0.381. The number of benzene rings is 2. The van der Waals surface area contributed by atoms with Crippen LogP contribution in [0.15, 0.2) is 47.4 Å². The van der Waals surface area contributed by atoms with Crippen LogP contribution >= 0.6 is 0 Å². The van der Waals surface area contributed by atoms with Crippen molar-refractivity contribution in [3.05, 3.63) is 53.6 Å². The Balaban J connectivity index is 1.52.